The number of aryl methyl sites for hydroxylation is 1. The van der Waals surface area contributed by atoms with E-state index in [0.717, 1.165) is 12.1 Å². The highest BCUT2D eigenvalue weighted by Crippen LogP contribution is 2.27. The van der Waals surface area contributed by atoms with Gasteiger partial charge in [-0.3, -0.25) is 14.5 Å². The Bertz CT molecular complexity index is 1170. The molecule has 0 saturated heterocycles. The predicted octanol–water partition coefficient (Wildman–Crippen LogP) is 2.59. The Morgan fingerprint density at radius 1 is 1.32 bits per heavy atom. The Morgan fingerprint density at radius 2 is 2.04 bits per heavy atom. The molecule has 0 aliphatic heterocycles. The molecule has 0 spiro atoms. The zero-order chi connectivity index (χ0) is 20.6. The van der Waals surface area contributed by atoms with Gasteiger partial charge in [0.2, 0.25) is 27.8 Å². The minimum atomic E-state index is -3.85. The number of hydrogen-bond acceptors (Lipinski definition) is 4. The molecule has 28 heavy (non-hydrogen) atoms. The number of benzene rings is 1. The molecular formula is C18H19F2N4O3S+. The van der Waals surface area contributed by atoms with Gasteiger partial charge in [-0.05, 0) is 25.0 Å². The summed E-state index contributed by atoms with van der Waals surface area (Å²) in [5.74, 6) is -3.71. The highest BCUT2D eigenvalue weighted by atomic mass is 32.2. The van der Waals surface area contributed by atoms with Crippen LogP contribution >= 0.6 is 0 Å². The maximum atomic E-state index is 14.9. The predicted molar refractivity (Wildman–Crippen MR) is 99.4 cm³/mol. The lowest BCUT2D eigenvalue weighted by molar-refractivity contribution is -0.352. The van der Waals surface area contributed by atoms with Gasteiger partial charge in [-0.25, -0.2) is 22.2 Å². The third-order valence-electron chi connectivity index (χ3n) is 4.09. The van der Waals surface area contributed by atoms with E-state index >= 15 is 0 Å². The van der Waals surface area contributed by atoms with Gasteiger partial charge in [0.15, 0.2) is 5.82 Å². The fraction of sp³-hybridized carbons (Fsp3) is 0.278. The minimum Gasteiger partial charge on any atom is -0.288 e. The first-order valence-corrected chi connectivity index (χ1v) is 10.1. The van der Waals surface area contributed by atoms with E-state index < -0.39 is 38.7 Å². The number of anilines is 1. The van der Waals surface area contributed by atoms with Crippen LogP contribution in [0, 0.1) is 24.5 Å². The number of nitrogens with one attached hydrogen (secondary N) is 3. The largest absolute Gasteiger partial charge is 0.288 e. The van der Waals surface area contributed by atoms with Crippen molar-refractivity contribution in [2.75, 3.05) is 10.5 Å². The second-order valence-electron chi connectivity index (χ2n) is 6.83. The lowest BCUT2D eigenvalue weighted by atomic mass is 10.0. The molecule has 0 unspecified atom stereocenters. The molecule has 0 atom stereocenters. The first-order valence-electron chi connectivity index (χ1n) is 8.48. The van der Waals surface area contributed by atoms with Crippen LogP contribution in [0.25, 0.3) is 11.0 Å². The van der Waals surface area contributed by atoms with Crippen LogP contribution in [-0.4, -0.2) is 29.9 Å². The molecule has 3 aromatic rings. The number of fused-ring (bicyclic) bond motifs is 1. The van der Waals surface area contributed by atoms with E-state index in [2.05, 4.69) is 19.7 Å². The molecule has 148 valence electrons. The van der Waals surface area contributed by atoms with E-state index in [-0.39, 0.29) is 17.2 Å². The molecule has 0 amide bonds. The van der Waals surface area contributed by atoms with Crippen molar-refractivity contribution < 1.29 is 27.0 Å². The number of aromatic nitrogens is 3. The third kappa shape index (κ3) is 3.72. The van der Waals surface area contributed by atoms with Crippen LogP contribution in [0.15, 0.2) is 24.7 Å². The highest BCUT2D eigenvalue weighted by Gasteiger charge is 2.28. The zero-order valence-corrected chi connectivity index (χ0v) is 16.2. The molecule has 2 aromatic heterocycles. The molecule has 0 fully saturated rings. The average molecular weight is 409 g/mol. The van der Waals surface area contributed by atoms with Gasteiger partial charge in [-0.15, -0.1) is 4.98 Å². The van der Waals surface area contributed by atoms with Crippen molar-refractivity contribution in [3.05, 3.63) is 53.1 Å². The second kappa shape index (κ2) is 7.27. The van der Waals surface area contributed by atoms with Crippen LogP contribution in [0.1, 0.15) is 35.5 Å². The first kappa shape index (κ1) is 19.9. The van der Waals surface area contributed by atoms with Gasteiger partial charge in [0, 0.05) is 0 Å². The molecule has 0 radical (unpaired) electrons. The van der Waals surface area contributed by atoms with E-state index in [1.807, 2.05) is 0 Å². The number of carbonyl (C=O) groups excluding carboxylic acids is 1. The number of H-pyrrole nitrogens is 2. The zero-order valence-electron chi connectivity index (χ0n) is 15.4. The fourth-order valence-corrected chi connectivity index (χ4v) is 4.43. The maximum absolute atomic E-state index is 14.9. The molecule has 0 saturated carbocycles. The number of aromatic amines is 2. The van der Waals surface area contributed by atoms with Gasteiger partial charge in [-0.2, -0.15) is 0 Å². The summed E-state index contributed by atoms with van der Waals surface area (Å²) in [6, 6.07) is 1.81. The van der Waals surface area contributed by atoms with Gasteiger partial charge in [-0.1, -0.05) is 13.8 Å². The number of ketones is 1. The van der Waals surface area contributed by atoms with E-state index in [9.17, 15) is 22.0 Å². The molecule has 10 heteroatoms. The molecule has 2 heterocycles. The summed E-state index contributed by atoms with van der Waals surface area (Å²) in [5.41, 5.74) is -0.323. The normalized spacial score (nSPS) is 11.9. The standard InChI is InChI=1S/C18H18F2N4O3S/c1-9(2)7-28(26,27)24-13-5-4-12(19)15(16(13)20)17(25)11-6-21-18-14(11)10(3)22-8-23-18/h4-6,8-9,24H,7H2,1-3H3,(H,21,22,23)/p+1. The summed E-state index contributed by atoms with van der Waals surface area (Å²) in [7, 11) is -3.85. The monoisotopic (exact) mass is 409 g/mol. The highest BCUT2D eigenvalue weighted by molar-refractivity contribution is 7.92. The Kier molecular flexibility index (Phi) is 5.16. The fourth-order valence-electron chi connectivity index (χ4n) is 2.97. The van der Waals surface area contributed by atoms with Gasteiger partial charge in [0.25, 0.3) is 0 Å². The maximum Gasteiger partial charge on any atom is 0.234 e. The molecule has 3 N–H and O–H groups in total. The van der Waals surface area contributed by atoms with Crippen LogP contribution in [0.2, 0.25) is 0 Å². The molecule has 7 nitrogen and oxygen atoms in total. The summed E-state index contributed by atoms with van der Waals surface area (Å²) in [5, 5.41) is 0.400. The lowest BCUT2D eigenvalue weighted by Gasteiger charge is -2.12. The lowest BCUT2D eigenvalue weighted by Crippen LogP contribution is -2.21. The SMILES string of the molecule is Cc1nc[nH+]c2[nH]cc(C(=O)c3c(F)ccc(NS(=O)(=O)CC(C)C)c3F)c12. The van der Waals surface area contributed by atoms with Crippen LogP contribution in [0.3, 0.4) is 0 Å². The number of halogens is 2. The molecule has 3 rings (SSSR count). The average Bonchev–Trinajstić information content (AvgIpc) is 3.02. The van der Waals surface area contributed by atoms with E-state index in [0.29, 0.717) is 16.7 Å². The minimum absolute atomic E-state index is 0.0248. The van der Waals surface area contributed by atoms with Crippen molar-refractivity contribution in [2.24, 2.45) is 5.92 Å². The number of carbonyl (C=O) groups is 1. The first-order chi connectivity index (χ1) is 13.1. The summed E-state index contributed by atoms with van der Waals surface area (Å²) < 4.78 is 55.6. The quantitative estimate of drug-likeness (QED) is 0.610. The summed E-state index contributed by atoms with van der Waals surface area (Å²) in [4.78, 5) is 22.6. The van der Waals surface area contributed by atoms with Gasteiger partial charge < -0.3 is 0 Å². The van der Waals surface area contributed by atoms with Gasteiger partial charge >= 0.3 is 0 Å². The Balaban J connectivity index is 2.08. The number of rotatable bonds is 6. The second-order valence-corrected chi connectivity index (χ2v) is 8.60. The summed E-state index contributed by atoms with van der Waals surface area (Å²) in [6.45, 7) is 5.04. The van der Waals surface area contributed by atoms with Crippen molar-refractivity contribution in [2.45, 2.75) is 20.8 Å². The molecule has 1 aromatic carbocycles. The molecule has 0 bridgehead atoms. The Labute approximate surface area is 160 Å². The van der Waals surface area contributed by atoms with Crippen molar-refractivity contribution in [3.8, 4) is 0 Å². The van der Waals surface area contributed by atoms with Crippen molar-refractivity contribution in [1.82, 2.24) is 9.97 Å². The van der Waals surface area contributed by atoms with Crippen LogP contribution < -0.4 is 9.71 Å². The van der Waals surface area contributed by atoms with Crippen LogP contribution in [0.5, 0.6) is 0 Å². The van der Waals surface area contributed by atoms with Crippen molar-refractivity contribution in [1.29, 1.82) is 0 Å². The third-order valence-corrected chi connectivity index (χ3v) is 5.73. The molecule has 0 aliphatic rings. The van der Waals surface area contributed by atoms with Gasteiger partial charge in [0.1, 0.15) is 11.5 Å². The smallest absolute Gasteiger partial charge is 0.234 e. The number of hydrogen-bond donors (Lipinski definition) is 2. The number of nitrogens with zero attached hydrogens (tertiary/aromatic N) is 1. The van der Waals surface area contributed by atoms with E-state index in [4.69, 9.17) is 0 Å². The number of sulfonamides is 1. The van der Waals surface area contributed by atoms with Gasteiger partial charge in [0.05, 0.1) is 34.2 Å². The molecule has 0 aliphatic carbocycles. The summed E-state index contributed by atoms with van der Waals surface area (Å²) >= 11 is 0. The van der Waals surface area contributed by atoms with Crippen LogP contribution in [0.4, 0.5) is 14.5 Å². The van der Waals surface area contributed by atoms with Crippen molar-refractivity contribution in [3.63, 3.8) is 0 Å². The van der Waals surface area contributed by atoms with E-state index in [1.165, 1.54) is 12.5 Å². The Morgan fingerprint density at radius 3 is 2.71 bits per heavy atom. The van der Waals surface area contributed by atoms with Crippen LogP contribution in [-0.2, 0) is 10.0 Å². The van der Waals surface area contributed by atoms with Crippen molar-refractivity contribution >= 4 is 32.5 Å². The van der Waals surface area contributed by atoms with E-state index in [1.54, 1.807) is 20.8 Å². The summed E-state index contributed by atoms with van der Waals surface area (Å²) in [6.07, 6.45) is 2.75. The Hall–Kier alpha value is -2.88. The molecular weight excluding hydrogens is 390 g/mol. The topological polar surface area (TPSA) is 106 Å².